The predicted molar refractivity (Wildman–Crippen MR) is 81.9 cm³/mol. The van der Waals surface area contributed by atoms with Gasteiger partial charge in [-0.05, 0) is 46.3 Å². The summed E-state index contributed by atoms with van der Waals surface area (Å²) < 4.78 is 5.90. The monoisotopic (exact) mass is 280 g/mol. The van der Waals surface area contributed by atoms with Crippen LogP contribution in [-0.2, 0) is 19.4 Å². The van der Waals surface area contributed by atoms with Crippen LogP contribution in [0.15, 0.2) is 0 Å². The summed E-state index contributed by atoms with van der Waals surface area (Å²) >= 11 is 0. The first-order valence-electron chi connectivity index (χ1n) is 7.24. The molecule has 0 amide bonds. The van der Waals surface area contributed by atoms with Gasteiger partial charge in [-0.3, -0.25) is 0 Å². The SMILES string of the molecule is CCc1nnc(OCC(C)(C)N(C)C)c(CN)c1CC. The van der Waals surface area contributed by atoms with Gasteiger partial charge in [0.1, 0.15) is 6.61 Å². The predicted octanol–water partition coefficient (Wildman–Crippen LogP) is 1.78. The highest BCUT2D eigenvalue weighted by Gasteiger charge is 2.23. The topological polar surface area (TPSA) is 64.3 Å². The van der Waals surface area contributed by atoms with Crippen LogP contribution >= 0.6 is 0 Å². The second-order valence-electron chi connectivity index (χ2n) is 5.82. The van der Waals surface area contributed by atoms with Crippen molar-refractivity contribution >= 4 is 0 Å². The van der Waals surface area contributed by atoms with Gasteiger partial charge in [-0.1, -0.05) is 13.8 Å². The number of ether oxygens (including phenoxy) is 1. The first-order valence-corrected chi connectivity index (χ1v) is 7.24. The lowest BCUT2D eigenvalue weighted by Crippen LogP contribution is -2.43. The van der Waals surface area contributed by atoms with Gasteiger partial charge in [-0.25, -0.2) is 0 Å². The maximum absolute atomic E-state index is 5.90. The molecule has 20 heavy (non-hydrogen) atoms. The quantitative estimate of drug-likeness (QED) is 0.825. The minimum Gasteiger partial charge on any atom is -0.474 e. The minimum absolute atomic E-state index is 0.0661. The average molecular weight is 280 g/mol. The first-order chi connectivity index (χ1) is 9.37. The molecule has 0 bridgehead atoms. The van der Waals surface area contributed by atoms with E-state index in [9.17, 15) is 0 Å². The Morgan fingerprint density at radius 3 is 2.20 bits per heavy atom. The number of aryl methyl sites for hydroxylation is 1. The maximum atomic E-state index is 5.90. The molecule has 0 fully saturated rings. The van der Waals surface area contributed by atoms with Crippen molar-refractivity contribution in [2.75, 3.05) is 20.7 Å². The summed E-state index contributed by atoms with van der Waals surface area (Å²) in [4.78, 5) is 2.13. The maximum Gasteiger partial charge on any atom is 0.238 e. The third-order valence-electron chi connectivity index (χ3n) is 3.90. The van der Waals surface area contributed by atoms with Crippen LogP contribution in [0.1, 0.15) is 44.5 Å². The highest BCUT2D eigenvalue weighted by molar-refractivity contribution is 5.36. The molecule has 0 spiro atoms. The van der Waals surface area contributed by atoms with Crippen molar-refractivity contribution in [1.29, 1.82) is 0 Å². The zero-order valence-electron chi connectivity index (χ0n) is 13.7. The number of rotatable bonds is 7. The third kappa shape index (κ3) is 3.67. The van der Waals surface area contributed by atoms with E-state index in [1.54, 1.807) is 0 Å². The molecule has 0 atom stereocenters. The molecule has 1 rings (SSSR count). The third-order valence-corrected chi connectivity index (χ3v) is 3.90. The fourth-order valence-electron chi connectivity index (χ4n) is 1.93. The Labute approximate surface area is 122 Å². The van der Waals surface area contributed by atoms with E-state index < -0.39 is 0 Å². The summed E-state index contributed by atoms with van der Waals surface area (Å²) in [5, 5.41) is 8.50. The lowest BCUT2D eigenvalue weighted by Gasteiger charge is -2.32. The molecular weight excluding hydrogens is 252 g/mol. The zero-order chi connectivity index (χ0) is 15.3. The fourth-order valence-corrected chi connectivity index (χ4v) is 1.93. The second kappa shape index (κ2) is 6.99. The van der Waals surface area contributed by atoms with E-state index in [-0.39, 0.29) is 5.54 Å². The summed E-state index contributed by atoms with van der Waals surface area (Å²) in [6.45, 7) is 9.44. The van der Waals surface area contributed by atoms with Gasteiger partial charge in [0.15, 0.2) is 0 Å². The molecule has 5 heteroatoms. The van der Waals surface area contributed by atoms with Crippen molar-refractivity contribution in [2.24, 2.45) is 5.73 Å². The fraction of sp³-hybridized carbons (Fsp3) is 0.733. The number of hydrogen-bond donors (Lipinski definition) is 1. The Morgan fingerprint density at radius 1 is 1.10 bits per heavy atom. The number of nitrogens with two attached hydrogens (primary N) is 1. The van der Waals surface area contributed by atoms with Gasteiger partial charge in [0.05, 0.1) is 5.69 Å². The van der Waals surface area contributed by atoms with Crippen molar-refractivity contribution in [3.05, 3.63) is 16.8 Å². The Kier molecular flexibility index (Phi) is 5.89. The summed E-state index contributed by atoms with van der Waals surface area (Å²) in [5.74, 6) is 0.580. The van der Waals surface area contributed by atoms with Crippen molar-refractivity contribution in [1.82, 2.24) is 15.1 Å². The van der Waals surface area contributed by atoms with E-state index in [4.69, 9.17) is 10.5 Å². The molecular formula is C15H28N4O. The Morgan fingerprint density at radius 2 is 1.75 bits per heavy atom. The molecule has 1 aromatic heterocycles. The molecule has 0 aliphatic heterocycles. The summed E-state index contributed by atoms with van der Waals surface area (Å²) in [7, 11) is 4.08. The van der Waals surface area contributed by atoms with E-state index >= 15 is 0 Å². The average Bonchev–Trinajstić information content (AvgIpc) is 2.43. The molecule has 0 aliphatic rings. The Balaban J connectivity index is 3.02. The molecule has 0 saturated heterocycles. The normalized spacial score (nSPS) is 12.0. The van der Waals surface area contributed by atoms with Crippen LogP contribution in [0.5, 0.6) is 5.88 Å². The van der Waals surface area contributed by atoms with Gasteiger partial charge >= 0.3 is 0 Å². The minimum atomic E-state index is -0.0661. The molecule has 1 aromatic rings. The standard InChI is InChI=1S/C15H28N4O/c1-7-11-12(9-16)14(18-17-13(11)8-2)20-10-15(3,4)19(5)6/h7-10,16H2,1-6H3. The van der Waals surface area contributed by atoms with E-state index in [1.165, 1.54) is 5.56 Å². The molecule has 1 heterocycles. The summed E-state index contributed by atoms with van der Waals surface area (Å²) in [5.41, 5.74) is 9.02. The number of nitrogens with zero attached hydrogens (tertiary/aromatic N) is 3. The lowest BCUT2D eigenvalue weighted by atomic mass is 10.0. The second-order valence-corrected chi connectivity index (χ2v) is 5.82. The van der Waals surface area contributed by atoms with Crippen LogP contribution in [0, 0.1) is 0 Å². The van der Waals surface area contributed by atoms with Gasteiger partial charge < -0.3 is 15.4 Å². The van der Waals surface area contributed by atoms with E-state index in [0.29, 0.717) is 19.0 Å². The number of hydrogen-bond acceptors (Lipinski definition) is 5. The zero-order valence-corrected chi connectivity index (χ0v) is 13.7. The van der Waals surface area contributed by atoms with E-state index in [1.807, 2.05) is 14.1 Å². The lowest BCUT2D eigenvalue weighted by molar-refractivity contribution is 0.109. The molecule has 0 aliphatic carbocycles. The van der Waals surface area contributed by atoms with Gasteiger partial charge in [-0.2, -0.15) is 5.10 Å². The largest absolute Gasteiger partial charge is 0.474 e. The van der Waals surface area contributed by atoms with Crippen LogP contribution in [0.3, 0.4) is 0 Å². The van der Waals surface area contributed by atoms with Crippen LogP contribution < -0.4 is 10.5 Å². The Hall–Kier alpha value is -1.20. The van der Waals surface area contributed by atoms with Crippen LogP contribution in [-0.4, -0.2) is 41.3 Å². The highest BCUT2D eigenvalue weighted by atomic mass is 16.5. The molecule has 0 saturated carbocycles. The van der Waals surface area contributed by atoms with Crippen molar-refractivity contribution in [2.45, 2.75) is 52.6 Å². The van der Waals surface area contributed by atoms with E-state index in [0.717, 1.165) is 24.1 Å². The Bertz CT molecular complexity index is 444. The van der Waals surface area contributed by atoms with Crippen molar-refractivity contribution < 1.29 is 4.74 Å². The summed E-state index contributed by atoms with van der Waals surface area (Å²) in [6.07, 6.45) is 1.77. The first kappa shape index (κ1) is 16.9. The van der Waals surface area contributed by atoms with E-state index in [2.05, 4.69) is 42.8 Å². The van der Waals surface area contributed by atoms with Gasteiger partial charge in [-0.15, -0.1) is 5.10 Å². The smallest absolute Gasteiger partial charge is 0.238 e. The van der Waals surface area contributed by atoms with Crippen LogP contribution in [0.4, 0.5) is 0 Å². The molecule has 0 radical (unpaired) electrons. The van der Waals surface area contributed by atoms with Crippen LogP contribution in [0.2, 0.25) is 0 Å². The van der Waals surface area contributed by atoms with Crippen LogP contribution in [0.25, 0.3) is 0 Å². The molecule has 114 valence electrons. The number of likely N-dealkylation sites (N-methyl/N-ethyl adjacent to an activating group) is 1. The molecule has 2 N–H and O–H groups in total. The number of aromatic nitrogens is 2. The molecule has 0 unspecified atom stereocenters. The van der Waals surface area contributed by atoms with Gasteiger partial charge in [0.25, 0.3) is 0 Å². The molecule has 0 aromatic carbocycles. The van der Waals surface area contributed by atoms with Gasteiger partial charge in [0, 0.05) is 17.6 Å². The summed E-state index contributed by atoms with van der Waals surface area (Å²) in [6, 6.07) is 0. The van der Waals surface area contributed by atoms with Gasteiger partial charge in [0.2, 0.25) is 5.88 Å². The molecule has 5 nitrogen and oxygen atoms in total. The van der Waals surface area contributed by atoms with Crippen molar-refractivity contribution in [3.63, 3.8) is 0 Å². The highest BCUT2D eigenvalue weighted by Crippen LogP contribution is 2.23. The van der Waals surface area contributed by atoms with Crippen molar-refractivity contribution in [3.8, 4) is 5.88 Å².